The van der Waals surface area contributed by atoms with E-state index in [2.05, 4.69) is 25.3 Å². The number of nitrogens with two attached hydrogens (primary N) is 1. The molecule has 1 amide bonds. The molecular weight excluding hydrogens is 250 g/mol. The van der Waals surface area contributed by atoms with Gasteiger partial charge in [-0.3, -0.25) is 10.0 Å². The maximum atomic E-state index is 10.9. The fourth-order valence-electron chi connectivity index (χ4n) is 1.66. The number of nitrogens with one attached hydrogen (secondary N) is 3. The summed E-state index contributed by atoms with van der Waals surface area (Å²) in [5.41, 5.74) is 8.32. The van der Waals surface area contributed by atoms with E-state index in [1.807, 2.05) is 6.92 Å². The zero-order valence-electron chi connectivity index (χ0n) is 10.3. The Balaban J connectivity index is 2.08. The van der Waals surface area contributed by atoms with Crippen molar-refractivity contribution in [3.8, 4) is 0 Å². The number of rotatable bonds is 5. The molecule has 2 rings (SSSR count). The monoisotopic (exact) mass is 265 g/mol. The Morgan fingerprint density at radius 1 is 1.58 bits per heavy atom. The molecule has 0 saturated heterocycles. The van der Waals surface area contributed by atoms with Gasteiger partial charge in [0, 0.05) is 12.5 Å². The van der Waals surface area contributed by atoms with Crippen molar-refractivity contribution in [3.63, 3.8) is 0 Å². The van der Waals surface area contributed by atoms with Crippen LogP contribution in [-0.2, 0) is 4.79 Å². The van der Waals surface area contributed by atoms with Crippen molar-refractivity contribution in [3.05, 3.63) is 6.33 Å². The van der Waals surface area contributed by atoms with Gasteiger partial charge >= 0.3 is 0 Å². The number of anilines is 2. The first-order valence-corrected chi connectivity index (χ1v) is 5.76. The lowest BCUT2D eigenvalue weighted by molar-refractivity contribution is -0.129. The molecule has 1 atom stereocenters. The summed E-state index contributed by atoms with van der Waals surface area (Å²) in [6.07, 6.45) is 2.25. The van der Waals surface area contributed by atoms with Gasteiger partial charge in [-0.2, -0.15) is 9.97 Å². The van der Waals surface area contributed by atoms with E-state index >= 15 is 0 Å². The third kappa shape index (κ3) is 3.07. The van der Waals surface area contributed by atoms with Crippen LogP contribution in [0.5, 0.6) is 0 Å². The number of hydroxylamine groups is 1. The van der Waals surface area contributed by atoms with Crippen LogP contribution in [-0.4, -0.2) is 37.1 Å². The molecule has 2 aromatic heterocycles. The number of carbonyl (C=O) groups excluding carboxylic acids is 1. The van der Waals surface area contributed by atoms with Crippen LogP contribution in [0.4, 0.5) is 11.8 Å². The highest BCUT2D eigenvalue weighted by Crippen LogP contribution is 2.18. The summed E-state index contributed by atoms with van der Waals surface area (Å²) in [7, 11) is 0. The quantitative estimate of drug-likeness (QED) is 0.379. The van der Waals surface area contributed by atoms with E-state index in [-0.39, 0.29) is 18.4 Å². The number of amides is 1. The van der Waals surface area contributed by atoms with Crippen molar-refractivity contribution in [1.29, 1.82) is 0 Å². The van der Waals surface area contributed by atoms with Crippen LogP contribution in [0, 0.1) is 0 Å². The first-order chi connectivity index (χ1) is 9.10. The van der Waals surface area contributed by atoms with Crippen molar-refractivity contribution in [2.75, 3.05) is 11.1 Å². The molecule has 2 aromatic rings. The summed E-state index contributed by atoms with van der Waals surface area (Å²) in [5.74, 6) is 0.238. The second kappa shape index (κ2) is 5.48. The summed E-state index contributed by atoms with van der Waals surface area (Å²) < 4.78 is 0. The minimum atomic E-state index is -0.428. The number of imidazole rings is 1. The number of carbonyl (C=O) groups is 1. The molecule has 0 saturated carbocycles. The van der Waals surface area contributed by atoms with Crippen molar-refractivity contribution in [2.45, 2.75) is 25.8 Å². The molecule has 6 N–H and O–H groups in total. The maximum absolute atomic E-state index is 10.9. The summed E-state index contributed by atoms with van der Waals surface area (Å²) >= 11 is 0. The number of nitrogen functional groups attached to an aromatic ring is 1. The van der Waals surface area contributed by atoms with Gasteiger partial charge in [-0.05, 0) is 13.3 Å². The highest BCUT2D eigenvalue weighted by atomic mass is 16.5. The number of aromatic nitrogens is 4. The molecule has 0 aliphatic rings. The van der Waals surface area contributed by atoms with Gasteiger partial charge in [-0.1, -0.05) is 0 Å². The summed E-state index contributed by atoms with van der Waals surface area (Å²) in [6, 6.07) is -0.0295. The summed E-state index contributed by atoms with van der Waals surface area (Å²) in [4.78, 5) is 26.0. The van der Waals surface area contributed by atoms with Crippen LogP contribution in [0.1, 0.15) is 19.8 Å². The molecule has 9 heteroatoms. The molecule has 19 heavy (non-hydrogen) atoms. The Morgan fingerprint density at radius 3 is 3.11 bits per heavy atom. The maximum Gasteiger partial charge on any atom is 0.243 e. The zero-order valence-corrected chi connectivity index (χ0v) is 10.3. The normalized spacial score (nSPS) is 12.3. The van der Waals surface area contributed by atoms with E-state index in [9.17, 15) is 4.79 Å². The minimum Gasteiger partial charge on any atom is -0.368 e. The van der Waals surface area contributed by atoms with E-state index in [1.165, 1.54) is 6.33 Å². The van der Waals surface area contributed by atoms with Gasteiger partial charge in [0.2, 0.25) is 11.9 Å². The lowest BCUT2D eigenvalue weighted by Gasteiger charge is -2.14. The molecular formula is C10H15N7O2. The lowest BCUT2D eigenvalue weighted by Crippen LogP contribution is -2.23. The highest BCUT2D eigenvalue weighted by Gasteiger charge is 2.12. The second-order valence-corrected chi connectivity index (χ2v) is 4.15. The molecule has 0 aliphatic heterocycles. The molecule has 0 spiro atoms. The van der Waals surface area contributed by atoms with Gasteiger partial charge in [0.1, 0.15) is 5.52 Å². The molecule has 2 heterocycles. The Labute approximate surface area is 108 Å². The molecule has 0 radical (unpaired) electrons. The van der Waals surface area contributed by atoms with E-state index in [1.54, 1.807) is 5.48 Å². The van der Waals surface area contributed by atoms with E-state index < -0.39 is 5.91 Å². The predicted molar refractivity (Wildman–Crippen MR) is 68.3 cm³/mol. The van der Waals surface area contributed by atoms with Crippen LogP contribution in [0.25, 0.3) is 11.2 Å². The predicted octanol–water partition coefficient (Wildman–Crippen LogP) is 0.0211. The van der Waals surface area contributed by atoms with Crippen LogP contribution >= 0.6 is 0 Å². The summed E-state index contributed by atoms with van der Waals surface area (Å²) in [5, 5.41) is 11.5. The molecule has 9 nitrogen and oxygen atoms in total. The zero-order chi connectivity index (χ0) is 13.8. The Bertz CT molecular complexity index is 582. The van der Waals surface area contributed by atoms with Gasteiger partial charge in [-0.15, -0.1) is 0 Å². The third-order valence-corrected chi connectivity index (χ3v) is 2.62. The van der Waals surface area contributed by atoms with Gasteiger partial charge in [0.15, 0.2) is 11.5 Å². The lowest BCUT2D eigenvalue weighted by atomic mass is 10.2. The number of nitrogens with zero attached hydrogens (tertiary/aromatic N) is 3. The molecule has 0 aromatic carbocycles. The van der Waals surface area contributed by atoms with Crippen LogP contribution in [0.15, 0.2) is 6.33 Å². The number of H-pyrrole nitrogens is 1. The molecule has 0 aliphatic carbocycles. The fraction of sp³-hybridized carbons (Fsp3) is 0.400. The molecule has 0 fully saturated rings. The van der Waals surface area contributed by atoms with E-state index in [4.69, 9.17) is 10.9 Å². The summed E-state index contributed by atoms with van der Waals surface area (Å²) in [6.45, 7) is 1.89. The molecule has 1 unspecified atom stereocenters. The van der Waals surface area contributed by atoms with Crippen molar-refractivity contribution >= 4 is 28.8 Å². The molecule has 102 valence electrons. The number of fused-ring (bicyclic) bond motifs is 1. The van der Waals surface area contributed by atoms with Crippen LogP contribution < -0.4 is 16.5 Å². The Kier molecular flexibility index (Phi) is 3.76. The fourth-order valence-corrected chi connectivity index (χ4v) is 1.66. The van der Waals surface area contributed by atoms with Crippen molar-refractivity contribution in [1.82, 2.24) is 25.4 Å². The first kappa shape index (κ1) is 13.0. The number of hydrogen-bond acceptors (Lipinski definition) is 7. The third-order valence-electron chi connectivity index (χ3n) is 2.62. The Hall–Kier alpha value is -2.42. The first-order valence-electron chi connectivity index (χ1n) is 5.76. The van der Waals surface area contributed by atoms with Gasteiger partial charge in [0.25, 0.3) is 0 Å². The highest BCUT2D eigenvalue weighted by molar-refractivity contribution is 5.83. The smallest absolute Gasteiger partial charge is 0.243 e. The van der Waals surface area contributed by atoms with E-state index in [0.717, 1.165) is 0 Å². The van der Waals surface area contributed by atoms with Crippen LogP contribution in [0.3, 0.4) is 0 Å². The van der Waals surface area contributed by atoms with Gasteiger partial charge in [-0.25, -0.2) is 10.5 Å². The van der Waals surface area contributed by atoms with Gasteiger partial charge in [0.05, 0.1) is 6.33 Å². The Morgan fingerprint density at radius 2 is 2.37 bits per heavy atom. The number of hydrogen-bond donors (Lipinski definition) is 5. The van der Waals surface area contributed by atoms with Gasteiger partial charge < -0.3 is 16.0 Å². The van der Waals surface area contributed by atoms with Crippen LogP contribution in [0.2, 0.25) is 0 Å². The van der Waals surface area contributed by atoms with E-state index in [0.29, 0.717) is 23.4 Å². The average Bonchev–Trinajstić information content (AvgIpc) is 2.84. The SMILES string of the molecule is CC(CCC(=O)NO)Nc1nc(N)nc2nc[nH]c12. The second-order valence-electron chi connectivity index (χ2n) is 4.15. The molecule has 0 bridgehead atoms. The topological polar surface area (TPSA) is 142 Å². The van der Waals surface area contributed by atoms with Crippen molar-refractivity contribution < 1.29 is 10.0 Å². The largest absolute Gasteiger partial charge is 0.368 e. The van der Waals surface area contributed by atoms with Crippen molar-refractivity contribution in [2.24, 2.45) is 0 Å². The minimum absolute atomic E-state index is 0.0295. The number of aromatic amines is 1. The standard InChI is InChI=1S/C10H15N7O2/c1-5(2-3-6(18)17-19)14-9-7-8(13-4-12-7)15-10(11)16-9/h4-5,19H,2-3H2,1H3,(H,17,18)(H4,11,12,13,14,15,16). The average molecular weight is 265 g/mol.